The molecular weight excluding hydrogens is 312 g/mol. The lowest BCUT2D eigenvalue weighted by Crippen LogP contribution is -2.39. The van der Waals surface area contributed by atoms with E-state index in [4.69, 9.17) is 4.74 Å². The van der Waals surface area contributed by atoms with Gasteiger partial charge in [-0.2, -0.15) is 0 Å². The fourth-order valence-electron chi connectivity index (χ4n) is 2.65. The normalized spacial score (nSPS) is 20.4. The van der Waals surface area contributed by atoms with Crippen LogP contribution in [0.2, 0.25) is 0 Å². The van der Waals surface area contributed by atoms with Crippen LogP contribution in [0, 0.1) is 6.92 Å². The van der Waals surface area contributed by atoms with Crippen LogP contribution >= 0.6 is 11.3 Å². The van der Waals surface area contributed by atoms with E-state index < -0.39 is 0 Å². The molecule has 0 spiro atoms. The first-order valence-electron chi connectivity index (χ1n) is 7.72. The molecule has 1 aliphatic heterocycles. The Morgan fingerprint density at radius 1 is 1.43 bits per heavy atom. The van der Waals surface area contributed by atoms with Crippen molar-refractivity contribution in [3.63, 3.8) is 0 Å². The molecule has 3 rings (SSSR count). The molecule has 1 saturated heterocycles. The number of nitrogens with one attached hydrogen (secondary N) is 2. The summed E-state index contributed by atoms with van der Waals surface area (Å²) in [6.07, 6.45) is 5.01. The lowest BCUT2D eigenvalue weighted by atomic mass is 10.0. The number of anilines is 1. The zero-order valence-corrected chi connectivity index (χ0v) is 14.0. The number of nitrogens with zero attached hydrogens (tertiary/aromatic N) is 2. The number of carbonyl (C=O) groups excluding carboxylic acids is 1. The smallest absolute Gasteiger partial charge is 0.320 e. The monoisotopic (exact) mass is 332 g/mol. The average molecular weight is 332 g/mol. The number of aryl methyl sites for hydroxylation is 2. The Kier molecular flexibility index (Phi) is 4.88. The maximum atomic E-state index is 12.3. The molecular formula is C16H20N4O2S. The third-order valence-corrected chi connectivity index (χ3v) is 5.03. The maximum Gasteiger partial charge on any atom is 0.320 e. The van der Waals surface area contributed by atoms with Gasteiger partial charge in [0.2, 0.25) is 0 Å². The molecule has 1 aliphatic rings. The Balaban J connectivity index is 1.64. The van der Waals surface area contributed by atoms with Crippen LogP contribution in [0.4, 0.5) is 9.80 Å². The van der Waals surface area contributed by atoms with Crippen molar-refractivity contribution in [1.82, 2.24) is 15.3 Å². The van der Waals surface area contributed by atoms with E-state index in [0.29, 0.717) is 6.61 Å². The van der Waals surface area contributed by atoms with Gasteiger partial charge in [-0.15, -0.1) is 11.3 Å². The summed E-state index contributed by atoms with van der Waals surface area (Å²) in [5, 5.41) is 7.74. The summed E-state index contributed by atoms with van der Waals surface area (Å²) in [7, 11) is 0. The molecule has 0 unspecified atom stereocenters. The first kappa shape index (κ1) is 15.9. The topological polar surface area (TPSA) is 76.1 Å². The van der Waals surface area contributed by atoms with Crippen LogP contribution in [0.25, 0.3) is 0 Å². The van der Waals surface area contributed by atoms with Gasteiger partial charge in [-0.05, 0) is 37.5 Å². The van der Waals surface area contributed by atoms with Crippen molar-refractivity contribution in [2.24, 2.45) is 0 Å². The molecule has 7 heteroatoms. The maximum absolute atomic E-state index is 12.3. The highest BCUT2D eigenvalue weighted by Gasteiger charge is 2.31. The first-order valence-corrected chi connectivity index (χ1v) is 8.54. The van der Waals surface area contributed by atoms with Crippen molar-refractivity contribution >= 4 is 22.4 Å². The van der Waals surface area contributed by atoms with E-state index in [1.807, 2.05) is 19.1 Å². The molecule has 0 aliphatic carbocycles. The van der Waals surface area contributed by atoms with Crippen LogP contribution in [0.15, 0.2) is 24.5 Å². The minimum Gasteiger partial charge on any atom is -0.371 e. The Bertz CT molecular complexity index is 674. The molecule has 122 valence electrons. The summed E-state index contributed by atoms with van der Waals surface area (Å²) in [6, 6.07) is 3.58. The molecule has 2 aromatic rings. The number of aromatic nitrogens is 2. The van der Waals surface area contributed by atoms with Gasteiger partial charge in [0.05, 0.1) is 16.7 Å². The first-order chi connectivity index (χ1) is 11.2. The standard InChI is InChI=1S/C16H20N4O2S/c1-3-13-18-10(2)15(23-13)20-16(21)19-12-6-9-22-14(12)11-4-7-17-8-5-11/h4-5,7-8,12,14H,3,6,9H2,1-2H3,(H2,19,20,21)/t12-,14+/m1/s1. The molecule has 2 aromatic heterocycles. The number of carbonyl (C=O) groups is 1. The zero-order valence-electron chi connectivity index (χ0n) is 13.2. The highest BCUT2D eigenvalue weighted by atomic mass is 32.1. The molecule has 2 amide bonds. The largest absolute Gasteiger partial charge is 0.371 e. The van der Waals surface area contributed by atoms with Crippen LogP contribution in [0.1, 0.15) is 35.7 Å². The SMILES string of the molecule is CCc1nc(C)c(NC(=O)N[C@@H]2CCO[C@H]2c2ccncc2)s1. The van der Waals surface area contributed by atoms with E-state index in [0.717, 1.165) is 34.1 Å². The van der Waals surface area contributed by atoms with E-state index in [2.05, 4.69) is 27.5 Å². The molecule has 0 saturated carbocycles. The number of thiazole rings is 1. The van der Waals surface area contributed by atoms with Gasteiger partial charge in [0.1, 0.15) is 11.1 Å². The van der Waals surface area contributed by atoms with Gasteiger partial charge in [0, 0.05) is 19.0 Å². The quantitative estimate of drug-likeness (QED) is 0.902. The fraction of sp³-hybridized carbons (Fsp3) is 0.438. The van der Waals surface area contributed by atoms with Gasteiger partial charge >= 0.3 is 6.03 Å². The number of amides is 2. The summed E-state index contributed by atoms with van der Waals surface area (Å²) in [5.41, 5.74) is 1.89. The summed E-state index contributed by atoms with van der Waals surface area (Å²) in [6.45, 7) is 4.60. The van der Waals surface area contributed by atoms with Crippen molar-refractivity contribution in [2.45, 2.75) is 38.8 Å². The van der Waals surface area contributed by atoms with Crippen molar-refractivity contribution in [2.75, 3.05) is 11.9 Å². The molecule has 2 atom stereocenters. The van der Waals surface area contributed by atoms with E-state index >= 15 is 0 Å². The second-order valence-electron chi connectivity index (χ2n) is 5.44. The number of hydrogen-bond acceptors (Lipinski definition) is 5. The lowest BCUT2D eigenvalue weighted by Gasteiger charge is -2.20. The summed E-state index contributed by atoms with van der Waals surface area (Å²) in [4.78, 5) is 20.7. The highest BCUT2D eigenvalue weighted by Crippen LogP contribution is 2.29. The minimum atomic E-state index is -0.214. The van der Waals surface area contributed by atoms with Crippen LogP contribution in [0.3, 0.4) is 0 Å². The van der Waals surface area contributed by atoms with E-state index in [9.17, 15) is 4.79 Å². The summed E-state index contributed by atoms with van der Waals surface area (Å²) < 4.78 is 5.77. The van der Waals surface area contributed by atoms with Crippen molar-refractivity contribution in [3.8, 4) is 0 Å². The van der Waals surface area contributed by atoms with Crippen LogP contribution in [-0.4, -0.2) is 28.6 Å². The van der Waals surface area contributed by atoms with Gasteiger partial charge in [0.15, 0.2) is 0 Å². The highest BCUT2D eigenvalue weighted by molar-refractivity contribution is 7.16. The predicted octanol–water partition coefficient (Wildman–Crippen LogP) is 3.06. The van der Waals surface area contributed by atoms with Crippen molar-refractivity contribution in [3.05, 3.63) is 40.8 Å². The Morgan fingerprint density at radius 3 is 2.91 bits per heavy atom. The Hall–Kier alpha value is -1.99. The second kappa shape index (κ2) is 7.06. The van der Waals surface area contributed by atoms with Crippen LogP contribution in [0.5, 0.6) is 0 Å². The van der Waals surface area contributed by atoms with E-state index in [1.54, 1.807) is 12.4 Å². The van der Waals surface area contributed by atoms with Gasteiger partial charge < -0.3 is 10.1 Å². The lowest BCUT2D eigenvalue weighted by molar-refractivity contribution is 0.100. The third kappa shape index (κ3) is 3.68. The Morgan fingerprint density at radius 2 is 2.22 bits per heavy atom. The van der Waals surface area contributed by atoms with Gasteiger partial charge in [-0.1, -0.05) is 6.92 Å². The minimum absolute atomic E-state index is 0.0451. The Labute approximate surface area is 139 Å². The summed E-state index contributed by atoms with van der Waals surface area (Å²) >= 11 is 1.52. The molecule has 1 fully saturated rings. The molecule has 2 N–H and O–H groups in total. The van der Waals surface area contributed by atoms with Gasteiger partial charge in [-0.25, -0.2) is 9.78 Å². The number of hydrogen-bond donors (Lipinski definition) is 2. The molecule has 6 nitrogen and oxygen atoms in total. The van der Waals surface area contributed by atoms with Crippen LogP contribution in [-0.2, 0) is 11.2 Å². The summed E-state index contributed by atoms with van der Waals surface area (Å²) in [5.74, 6) is 0. The van der Waals surface area contributed by atoms with E-state index in [1.165, 1.54) is 11.3 Å². The second-order valence-corrected chi connectivity index (χ2v) is 6.52. The van der Waals surface area contributed by atoms with Crippen LogP contribution < -0.4 is 10.6 Å². The number of rotatable bonds is 4. The zero-order chi connectivity index (χ0) is 16.2. The van der Waals surface area contributed by atoms with Crippen molar-refractivity contribution in [1.29, 1.82) is 0 Å². The average Bonchev–Trinajstić information content (AvgIpc) is 3.15. The number of pyridine rings is 1. The molecule has 0 bridgehead atoms. The van der Waals surface area contributed by atoms with Gasteiger partial charge in [0.25, 0.3) is 0 Å². The molecule has 3 heterocycles. The fourth-order valence-corrected chi connectivity index (χ4v) is 3.55. The molecule has 0 aromatic carbocycles. The predicted molar refractivity (Wildman–Crippen MR) is 89.7 cm³/mol. The van der Waals surface area contributed by atoms with Gasteiger partial charge in [-0.3, -0.25) is 10.3 Å². The molecule has 23 heavy (non-hydrogen) atoms. The molecule has 0 radical (unpaired) electrons. The van der Waals surface area contributed by atoms with E-state index in [-0.39, 0.29) is 18.2 Å². The number of urea groups is 1. The third-order valence-electron chi connectivity index (χ3n) is 3.81. The van der Waals surface area contributed by atoms with Crippen molar-refractivity contribution < 1.29 is 9.53 Å². The number of ether oxygens (including phenoxy) is 1.